The standard InChI is InChI=1S/C13H20N4O3/c18-10(9-2-5-14-6-3-9)17-7-1-4-13(8-17)11(19)15-12(20)16-13/h9,14H,1-8H2,(H2,15,16,19,20). The summed E-state index contributed by atoms with van der Waals surface area (Å²) in [6.45, 7) is 2.71. The van der Waals surface area contributed by atoms with Gasteiger partial charge in [-0.15, -0.1) is 0 Å². The van der Waals surface area contributed by atoms with E-state index >= 15 is 0 Å². The van der Waals surface area contributed by atoms with Gasteiger partial charge < -0.3 is 15.5 Å². The summed E-state index contributed by atoms with van der Waals surface area (Å²) in [5, 5.41) is 8.22. The zero-order valence-corrected chi connectivity index (χ0v) is 11.4. The van der Waals surface area contributed by atoms with E-state index in [0.29, 0.717) is 19.5 Å². The van der Waals surface area contributed by atoms with Gasteiger partial charge in [-0.2, -0.15) is 0 Å². The van der Waals surface area contributed by atoms with Crippen LogP contribution in [0.2, 0.25) is 0 Å². The van der Waals surface area contributed by atoms with Crippen molar-refractivity contribution in [1.82, 2.24) is 20.9 Å². The van der Waals surface area contributed by atoms with Crippen LogP contribution in [-0.4, -0.2) is 54.5 Å². The zero-order chi connectivity index (χ0) is 14.2. The van der Waals surface area contributed by atoms with Crippen LogP contribution in [0.25, 0.3) is 0 Å². The Balaban J connectivity index is 1.70. The van der Waals surface area contributed by atoms with Crippen molar-refractivity contribution < 1.29 is 14.4 Å². The number of rotatable bonds is 1. The van der Waals surface area contributed by atoms with E-state index in [1.807, 2.05) is 0 Å². The molecule has 20 heavy (non-hydrogen) atoms. The van der Waals surface area contributed by atoms with Crippen molar-refractivity contribution in [1.29, 1.82) is 0 Å². The molecule has 3 rings (SSSR count). The second kappa shape index (κ2) is 5.05. The molecule has 0 bridgehead atoms. The van der Waals surface area contributed by atoms with Gasteiger partial charge >= 0.3 is 6.03 Å². The lowest BCUT2D eigenvalue weighted by atomic mass is 9.87. The highest BCUT2D eigenvalue weighted by atomic mass is 16.2. The summed E-state index contributed by atoms with van der Waals surface area (Å²) in [5.41, 5.74) is -0.905. The molecule has 3 saturated heterocycles. The first-order valence-electron chi connectivity index (χ1n) is 7.24. The quantitative estimate of drug-likeness (QED) is 0.548. The normalized spacial score (nSPS) is 31.3. The van der Waals surface area contributed by atoms with Crippen molar-refractivity contribution in [3.8, 4) is 0 Å². The second-order valence-electron chi connectivity index (χ2n) is 5.88. The predicted molar refractivity (Wildman–Crippen MR) is 70.8 cm³/mol. The van der Waals surface area contributed by atoms with Crippen molar-refractivity contribution in [3.63, 3.8) is 0 Å². The van der Waals surface area contributed by atoms with Crippen LogP contribution in [0.4, 0.5) is 4.79 Å². The molecule has 0 aromatic heterocycles. The topological polar surface area (TPSA) is 90.5 Å². The molecule has 3 aliphatic rings. The molecule has 3 heterocycles. The average Bonchev–Trinajstić information content (AvgIpc) is 2.73. The maximum Gasteiger partial charge on any atom is 0.322 e. The van der Waals surface area contributed by atoms with Gasteiger partial charge in [-0.25, -0.2) is 4.79 Å². The van der Waals surface area contributed by atoms with E-state index in [2.05, 4.69) is 16.0 Å². The number of imide groups is 1. The second-order valence-corrected chi connectivity index (χ2v) is 5.88. The molecule has 3 fully saturated rings. The van der Waals surface area contributed by atoms with E-state index in [-0.39, 0.29) is 17.7 Å². The Kier molecular flexibility index (Phi) is 3.37. The molecule has 1 atom stereocenters. The van der Waals surface area contributed by atoms with Crippen molar-refractivity contribution in [3.05, 3.63) is 0 Å². The number of urea groups is 1. The van der Waals surface area contributed by atoms with E-state index in [1.165, 1.54) is 0 Å². The van der Waals surface area contributed by atoms with Crippen molar-refractivity contribution in [2.45, 2.75) is 31.2 Å². The molecule has 7 nitrogen and oxygen atoms in total. The molecule has 110 valence electrons. The van der Waals surface area contributed by atoms with Crippen LogP contribution in [0.5, 0.6) is 0 Å². The maximum absolute atomic E-state index is 12.5. The van der Waals surface area contributed by atoms with E-state index < -0.39 is 11.6 Å². The SMILES string of the molecule is O=C1NC(=O)C2(CCCN(C(=O)C3CCNCC3)C2)N1. The van der Waals surface area contributed by atoms with Crippen LogP contribution in [-0.2, 0) is 9.59 Å². The smallest absolute Gasteiger partial charge is 0.322 e. The summed E-state index contributed by atoms with van der Waals surface area (Å²) in [5.74, 6) is -0.128. The van der Waals surface area contributed by atoms with E-state index in [0.717, 1.165) is 32.4 Å². The molecule has 0 aromatic carbocycles. The van der Waals surface area contributed by atoms with Gasteiger partial charge in [0.05, 0.1) is 6.54 Å². The maximum atomic E-state index is 12.5. The Bertz CT molecular complexity index is 447. The van der Waals surface area contributed by atoms with Crippen LogP contribution in [0.15, 0.2) is 0 Å². The molecule has 1 unspecified atom stereocenters. The van der Waals surface area contributed by atoms with Crippen LogP contribution >= 0.6 is 0 Å². The lowest BCUT2D eigenvalue weighted by Crippen LogP contribution is -2.60. The van der Waals surface area contributed by atoms with Crippen LogP contribution in [0, 0.1) is 5.92 Å². The summed E-state index contributed by atoms with van der Waals surface area (Å²) < 4.78 is 0. The van der Waals surface area contributed by atoms with Gasteiger partial charge in [0.25, 0.3) is 5.91 Å². The largest absolute Gasteiger partial charge is 0.340 e. The highest BCUT2D eigenvalue weighted by molar-refractivity contribution is 6.07. The molecule has 0 aliphatic carbocycles. The minimum atomic E-state index is -0.905. The Morgan fingerprint density at radius 3 is 2.65 bits per heavy atom. The van der Waals surface area contributed by atoms with Crippen LogP contribution in [0.3, 0.4) is 0 Å². The van der Waals surface area contributed by atoms with Gasteiger partial charge in [-0.05, 0) is 38.8 Å². The molecule has 0 aromatic rings. The van der Waals surface area contributed by atoms with E-state index in [4.69, 9.17) is 0 Å². The number of nitrogens with zero attached hydrogens (tertiary/aromatic N) is 1. The third kappa shape index (κ3) is 2.26. The van der Waals surface area contributed by atoms with Crippen molar-refractivity contribution in [2.75, 3.05) is 26.2 Å². The number of likely N-dealkylation sites (tertiary alicyclic amines) is 1. The third-order valence-electron chi connectivity index (χ3n) is 4.51. The van der Waals surface area contributed by atoms with Gasteiger partial charge in [0, 0.05) is 12.5 Å². The first-order chi connectivity index (χ1) is 9.61. The first-order valence-corrected chi connectivity index (χ1v) is 7.24. The third-order valence-corrected chi connectivity index (χ3v) is 4.51. The highest BCUT2D eigenvalue weighted by Gasteiger charge is 2.49. The summed E-state index contributed by atoms with van der Waals surface area (Å²) in [6, 6.07) is -0.453. The molecule has 1 spiro atoms. The molecule has 3 aliphatic heterocycles. The molecule has 0 saturated carbocycles. The number of amides is 4. The lowest BCUT2D eigenvalue weighted by Gasteiger charge is -2.40. The van der Waals surface area contributed by atoms with Gasteiger partial charge in [0.15, 0.2) is 0 Å². The number of carbonyl (C=O) groups excluding carboxylic acids is 3. The molecule has 3 N–H and O–H groups in total. The van der Waals surface area contributed by atoms with Gasteiger partial charge in [0.1, 0.15) is 5.54 Å². The fraction of sp³-hybridized carbons (Fsp3) is 0.769. The fourth-order valence-electron chi connectivity index (χ4n) is 3.39. The minimum Gasteiger partial charge on any atom is -0.340 e. The molecule has 0 radical (unpaired) electrons. The number of carbonyl (C=O) groups is 3. The Morgan fingerprint density at radius 1 is 1.25 bits per heavy atom. The number of piperidine rings is 2. The monoisotopic (exact) mass is 280 g/mol. The average molecular weight is 280 g/mol. The minimum absolute atomic E-state index is 0.0477. The summed E-state index contributed by atoms with van der Waals surface area (Å²) in [6.07, 6.45) is 3.03. The van der Waals surface area contributed by atoms with Crippen LogP contribution < -0.4 is 16.0 Å². The van der Waals surface area contributed by atoms with Crippen molar-refractivity contribution in [2.24, 2.45) is 5.92 Å². The summed E-state index contributed by atoms with van der Waals surface area (Å²) in [4.78, 5) is 37.6. The number of hydrogen-bond donors (Lipinski definition) is 3. The Hall–Kier alpha value is -1.63. The Labute approximate surface area is 117 Å². The first kappa shape index (κ1) is 13.4. The van der Waals surface area contributed by atoms with Gasteiger partial charge in [-0.1, -0.05) is 0 Å². The highest BCUT2D eigenvalue weighted by Crippen LogP contribution is 2.26. The van der Waals surface area contributed by atoms with Gasteiger partial charge in [-0.3, -0.25) is 14.9 Å². The molecule has 4 amide bonds. The fourth-order valence-corrected chi connectivity index (χ4v) is 3.39. The summed E-state index contributed by atoms with van der Waals surface area (Å²) in [7, 11) is 0. The molecular weight excluding hydrogens is 260 g/mol. The van der Waals surface area contributed by atoms with Crippen LogP contribution in [0.1, 0.15) is 25.7 Å². The Morgan fingerprint density at radius 2 is 2.00 bits per heavy atom. The number of nitrogens with one attached hydrogen (secondary N) is 3. The summed E-state index contributed by atoms with van der Waals surface area (Å²) >= 11 is 0. The molecular formula is C13H20N4O3. The van der Waals surface area contributed by atoms with E-state index in [1.54, 1.807) is 4.90 Å². The predicted octanol–water partition coefficient (Wildman–Crippen LogP) is -0.813. The lowest BCUT2D eigenvalue weighted by molar-refractivity contribution is -0.140. The molecule has 7 heteroatoms. The van der Waals surface area contributed by atoms with E-state index in [9.17, 15) is 14.4 Å². The van der Waals surface area contributed by atoms with Gasteiger partial charge in [0.2, 0.25) is 5.91 Å². The zero-order valence-electron chi connectivity index (χ0n) is 11.4. The van der Waals surface area contributed by atoms with Crippen molar-refractivity contribution >= 4 is 17.8 Å². The number of hydrogen-bond acceptors (Lipinski definition) is 4.